The van der Waals surface area contributed by atoms with Crippen LogP contribution in [0.25, 0.3) is 0 Å². The highest BCUT2D eigenvalue weighted by atomic mass is 35.5. The number of phenolic OH excluding ortho intramolecular Hbond substituents is 1. The van der Waals surface area contributed by atoms with Gasteiger partial charge in [-0.15, -0.1) is 0 Å². The minimum absolute atomic E-state index is 0.0259. The second-order valence-electron chi connectivity index (χ2n) is 2.74. The molecule has 0 radical (unpaired) electrons. The van der Waals surface area contributed by atoms with Crippen LogP contribution >= 0.6 is 11.6 Å². The lowest BCUT2D eigenvalue weighted by molar-refractivity contribution is 0.335. The highest BCUT2D eigenvalue weighted by Crippen LogP contribution is 2.27. The molecule has 0 saturated heterocycles. The predicted molar refractivity (Wildman–Crippen MR) is 50.9 cm³/mol. The van der Waals surface area contributed by atoms with Crippen LogP contribution < -0.4 is 5.32 Å². The maximum absolute atomic E-state index is 13.2. The van der Waals surface area contributed by atoms with E-state index >= 15 is 0 Å². The van der Waals surface area contributed by atoms with Gasteiger partial charge in [0.2, 0.25) is 0 Å². The summed E-state index contributed by atoms with van der Waals surface area (Å²) in [6.07, 6.45) is -1.09. The molecule has 0 fully saturated rings. The van der Waals surface area contributed by atoms with E-state index in [2.05, 4.69) is 5.32 Å². The fourth-order valence-corrected chi connectivity index (χ4v) is 1.20. The molecule has 1 atom stereocenters. The highest BCUT2D eigenvalue weighted by Gasteiger charge is 2.09. The van der Waals surface area contributed by atoms with Crippen molar-refractivity contribution in [1.82, 2.24) is 5.32 Å². The van der Waals surface area contributed by atoms with Crippen molar-refractivity contribution in [1.29, 1.82) is 0 Å². The van der Waals surface area contributed by atoms with Crippen molar-refractivity contribution in [2.45, 2.75) is 6.17 Å². The molecule has 0 bridgehead atoms. The Morgan fingerprint density at radius 3 is 2.85 bits per heavy atom. The number of rotatable bonds is 3. The molecule has 1 aromatic rings. The molecule has 0 aliphatic rings. The summed E-state index contributed by atoms with van der Waals surface area (Å²) in [6.45, 7) is 0.237. The molecule has 1 rings (SSSR count). The average molecular weight is 204 g/mol. The third-order valence-corrected chi connectivity index (χ3v) is 2.02. The summed E-state index contributed by atoms with van der Waals surface area (Å²) < 4.78 is 13.2. The van der Waals surface area contributed by atoms with E-state index in [9.17, 15) is 4.39 Å². The quantitative estimate of drug-likeness (QED) is 0.790. The van der Waals surface area contributed by atoms with Gasteiger partial charge >= 0.3 is 0 Å². The molecule has 1 unspecified atom stereocenters. The lowest BCUT2D eigenvalue weighted by atomic mass is 10.1. The lowest BCUT2D eigenvalue weighted by Gasteiger charge is -2.08. The molecule has 72 valence electrons. The zero-order valence-corrected chi connectivity index (χ0v) is 7.98. The zero-order chi connectivity index (χ0) is 9.84. The summed E-state index contributed by atoms with van der Waals surface area (Å²) in [5, 5.41) is 12.0. The van der Waals surface area contributed by atoms with Gasteiger partial charge in [0.15, 0.2) is 0 Å². The molecule has 1 aromatic carbocycles. The first-order valence-corrected chi connectivity index (χ1v) is 4.30. The summed E-state index contributed by atoms with van der Waals surface area (Å²) in [5.41, 5.74) is 0.470. The predicted octanol–water partition coefficient (Wildman–Crippen LogP) is 2.28. The molecule has 0 aliphatic heterocycles. The van der Waals surface area contributed by atoms with Gasteiger partial charge in [0, 0.05) is 6.54 Å². The van der Waals surface area contributed by atoms with E-state index < -0.39 is 6.17 Å². The van der Waals surface area contributed by atoms with Crippen LogP contribution in [0.1, 0.15) is 11.7 Å². The third kappa shape index (κ3) is 2.57. The average Bonchev–Trinajstić information content (AvgIpc) is 2.10. The molecule has 0 aromatic heterocycles. The Kier molecular flexibility index (Phi) is 3.51. The molecule has 0 saturated carbocycles. The minimum atomic E-state index is -1.09. The number of aromatic hydroxyl groups is 1. The number of benzene rings is 1. The van der Waals surface area contributed by atoms with Gasteiger partial charge in [-0.05, 0) is 24.7 Å². The molecule has 0 amide bonds. The van der Waals surface area contributed by atoms with Crippen molar-refractivity contribution in [3.63, 3.8) is 0 Å². The van der Waals surface area contributed by atoms with E-state index in [0.29, 0.717) is 5.56 Å². The van der Waals surface area contributed by atoms with Crippen LogP contribution in [0.4, 0.5) is 4.39 Å². The van der Waals surface area contributed by atoms with Crippen molar-refractivity contribution in [2.75, 3.05) is 13.6 Å². The van der Waals surface area contributed by atoms with Gasteiger partial charge in [-0.25, -0.2) is 4.39 Å². The normalized spacial score (nSPS) is 12.8. The van der Waals surface area contributed by atoms with Crippen LogP contribution in [0.15, 0.2) is 18.2 Å². The Morgan fingerprint density at radius 2 is 2.31 bits per heavy atom. The summed E-state index contributed by atoms with van der Waals surface area (Å²) >= 11 is 5.62. The van der Waals surface area contributed by atoms with Crippen LogP contribution in [0.5, 0.6) is 5.75 Å². The number of halogens is 2. The number of hydrogen-bond acceptors (Lipinski definition) is 2. The molecule has 4 heteroatoms. The van der Waals surface area contributed by atoms with Crippen molar-refractivity contribution in [2.24, 2.45) is 0 Å². The van der Waals surface area contributed by atoms with Crippen molar-refractivity contribution in [3.8, 4) is 5.75 Å². The fourth-order valence-electron chi connectivity index (χ4n) is 1.02. The largest absolute Gasteiger partial charge is 0.506 e. The van der Waals surface area contributed by atoms with Crippen LogP contribution in [0.2, 0.25) is 5.02 Å². The summed E-state index contributed by atoms with van der Waals surface area (Å²) in [4.78, 5) is 0. The lowest BCUT2D eigenvalue weighted by Crippen LogP contribution is -2.13. The van der Waals surface area contributed by atoms with E-state index in [1.165, 1.54) is 18.2 Å². The molecular formula is C9H11ClFNO. The van der Waals surface area contributed by atoms with E-state index in [1.807, 2.05) is 0 Å². The van der Waals surface area contributed by atoms with Gasteiger partial charge in [-0.3, -0.25) is 0 Å². The Bertz CT molecular complexity index is 293. The maximum atomic E-state index is 13.2. The van der Waals surface area contributed by atoms with Gasteiger partial charge in [0.05, 0.1) is 5.02 Å². The number of nitrogens with one attached hydrogen (secondary N) is 1. The second-order valence-corrected chi connectivity index (χ2v) is 3.14. The Morgan fingerprint density at radius 1 is 1.62 bits per heavy atom. The summed E-state index contributed by atoms with van der Waals surface area (Å²) in [5.74, 6) is -0.0259. The van der Waals surface area contributed by atoms with Gasteiger partial charge in [0.1, 0.15) is 11.9 Å². The van der Waals surface area contributed by atoms with Crippen LogP contribution in [-0.2, 0) is 0 Å². The number of alkyl halides is 1. The van der Waals surface area contributed by atoms with Crippen LogP contribution in [0.3, 0.4) is 0 Å². The molecule has 0 spiro atoms. The molecule has 2 N–H and O–H groups in total. The zero-order valence-electron chi connectivity index (χ0n) is 7.22. The van der Waals surface area contributed by atoms with Gasteiger partial charge in [-0.1, -0.05) is 17.7 Å². The van der Waals surface area contributed by atoms with Crippen LogP contribution in [-0.4, -0.2) is 18.7 Å². The first kappa shape index (κ1) is 10.3. The van der Waals surface area contributed by atoms with E-state index in [4.69, 9.17) is 16.7 Å². The maximum Gasteiger partial charge on any atom is 0.138 e. The number of hydrogen-bond donors (Lipinski definition) is 2. The molecular weight excluding hydrogens is 193 g/mol. The van der Waals surface area contributed by atoms with Gasteiger partial charge < -0.3 is 10.4 Å². The van der Waals surface area contributed by atoms with Crippen LogP contribution in [0, 0.1) is 0 Å². The van der Waals surface area contributed by atoms with Crippen molar-refractivity contribution < 1.29 is 9.50 Å². The monoisotopic (exact) mass is 203 g/mol. The standard InChI is InChI=1S/C9H11ClFNO/c1-12-5-8(11)6-2-3-9(13)7(10)4-6/h2-4,8,12-13H,5H2,1H3. The topological polar surface area (TPSA) is 32.3 Å². The first-order valence-electron chi connectivity index (χ1n) is 3.92. The van der Waals surface area contributed by atoms with Crippen molar-refractivity contribution in [3.05, 3.63) is 28.8 Å². The van der Waals surface area contributed by atoms with E-state index in [-0.39, 0.29) is 17.3 Å². The van der Waals surface area contributed by atoms with E-state index in [0.717, 1.165) is 0 Å². The SMILES string of the molecule is CNCC(F)c1ccc(O)c(Cl)c1. The number of likely N-dealkylation sites (N-methyl/N-ethyl adjacent to an activating group) is 1. The van der Waals surface area contributed by atoms with E-state index in [1.54, 1.807) is 7.05 Å². The highest BCUT2D eigenvalue weighted by molar-refractivity contribution is 6.32. The number of phenols is 1. The fraction of sp³-hybridized carbons (Fsp3) is 0.333. The van der Waals surface area contributed by atoms with Crippen molar-refractivity contribution >= 4 is 11.6 Å². The Hall–Kier alpha value is -0.800. The molecule has 0 aliphatic carbocycles. The molecule has 13 heavy (non-hydrogen) atoms. The first-order chi connectivity index (χ1) is 6.15. The summed E-state index contributed by atoms with van der Waals surface area (Å²) in [6, 6.07) is 4.34. The molecule has 0 heterocycles. The Balaban J connectivity index is 2.84. The summed E-state index contributed by atoms with van der Waals surface area (Å²) in [7, 11) is 1.68. The van der Waals surface area contributed by atoms with Gasteiger partial charge in [-0.2, -0.15) is 0 Å². The Labute approximate surface area is 81.3 Å². The minimum Gasteiger partial charge on any atom is -0.506 e. The second kappa shape index (κ2) is 4.44. The molecule has 2 nitrogen and oxygen atoms in total. The smallest absolute Gasteiger partial charge is 0.138 e. The van der Waals surface area contributed by atoms with Gasteiger partial charge in [0.25, 0.3) is 0 Å². The third-order valence-electron chi connectivity index (χ3n) is 1.72.